The molecular weight excluding hydrogens is 520 g/mol. The number of fused-ring (bicyclic) bond motifs is 6. The fourth-order valence-corrected chi connectivity index (χ4v) is 5.15. The lowest BCUT2D eigenvalue weighted by Gasteiger charge is -2.18. The summed E-state index contributed by atoms with van der Waals surface area (Å²) in [6.45, 7) is 0. The van der Waals surface area contributed by atoms with Crippen LogP contribution in [0.5, 0.6) is 0 Å². The van der Waals surface area contributed by atoms with Gasteiger partial charge >= 0.3 is 0 Å². The Hall–Kier alpha value is -5.66. The highest BCUT2D eigenvalue weighted by Gasteiger charge is 2.18. The Morgan fingerprint density at radius 1 is 0.349 bits per heavy atom. The summed E-state index contributed by atoms with van der Waals surface area (Å²) in [5.74, 6) is 0. The molecule has 43 heavy (non-hydrogen) atoms. The van der Waals surface area contributed by atoms with Gasteiger partial charge in [-0.2, -0.15) is 0 Å². The van der Waals surface area contributed by atoms with E-state index in [0.29, 0.717) is 0 Å². The van der Waals surface area contributed by atoms with Crippen LogP contribution in [0.2, 0.25) is 0 Å². The maximum atomic E-state index is 9.86. The van der Waals surface area contributed by atoms with Gasteiger partial charge in [0.25, 0.3) is 0 Å². The van der Waals surface area contributed by atoms with E-state index in [4.69, 9.17) is 27.7 Å². The Labute approximate surface area is 285 Å². The fraction of sp³-hybridized carbons (Fsp3) is 0. The monoisotopic (exact) mass is 572 g/mol. The van der Waals surface area contributed by atoms with E-state index in [9.17, 15) is 12.3 Å². The molecule has 0 fully saturated rings. The topological polar surface area (TPSA) is 13.1 Å². The van der Waals surface area contributed by atoms with Gasteiger partial charge in [0, 0.05) is 10.8 Å². The van der Waals surface area contributed by atoms with Crippen LogP contribution in [0.4, 0.5) is 0 Å². The van der Waals surface area contributed by atoms with E-state index in [1.54, 1.807) is 0 Å². The predicted molar refractivity (Wildman–Crippen MR) is 183 cm³/mol. The van der Waals surface area contributed by atoms with Gasteiger partial charge < -0.3 is 4.42 Å². The summed E-state index contributed by atoms with van der Waals surface area (Å²) in [6, 6.07) is -23.8. The zero-order valence-electron chi connectivity index (χ0n) is 47.4. The summed E-state index contributed by atoms with van der Waals surface area (Å²) in [5.41, 5.74) is -5.58. The minimum Gasteiger partial charge on any atom is -0.456 e. The zero-order chi connectivity index (χ0) is 51.0. The molecule has 1 aromatic heterocycles. The molecular formula is C42H26O. The Bertz CT molecular complexity index is 3860. The first-order valence-electron chi connectivity index (χ1n) is 25.7. The van der Waals surface area contributed by atoms with Crippen molar-refractivity contribution in [2.24, 2.45) is 0 Å². The van der Waals surface area contributed by atoms with Crippen molar-refractivity contribution in [2.45, 2.75) is 0 Å². The molecule has 0 aliphatic rings. The number of para-hydroxylation sites is 1. The first-order valence-corrected chi connectivity index (χ1v) is 12.7. The highest BCUT2D eigenvalue weighted by Crippen LogP contribution is 2.45. The SMILES string of the molecule is [2H]c1c([2H])c([2H])c(-c2c([2H])c([2H])c([2H])c3c([2H])c([2H])c(-c4c5c([2H])c([2H])c([2H])c([2H])c5c(-c5c([2H])c([2H])c6oc7c([2H])c([2H])c([2H])c([2H])c7c6c5[2H])c5c([2H])c([2H])c([2H])c([2H])c45)c([2H])c23)c([2H])c1[2H]. The average molecular weight is 573 g/mol. The zero-order valence-corrected chi connectivity index (χ0v) is 21.4. The Morgan fingerprint density at radius 3 is 1.56 bits per heavy atom. The van der Waals surface area contributed by atoms with Crippen LogP contribution < -0.4 is 0 Å². The summed E-state index contributed by atoms with van der Waals surface area (Å²) in [4.78, 5) is 0. The fourth-order valence-electron chi connectivity index (χ4n) is 5.15. The number of hydrogen-bond acceptors (Lipinski definition) is 1. The van der Waals surface area contributed by atoms with Crippen LogP contribution in [-0.4, -0.2) is 0 Å². The molecule has 0 amide bonds. The molecule has 0 radical (unpaired) electrons. The maximum absolute atomic E-state index is 9.86. The van der Waals surface area contributed by atoms with E-state index >= 15 is 0 Å². The van der Waals surface area contributed by atoms with Gasteiger partial charge in [-0.05, 0) is 89.9 Å². The van der Waals surface area contributed by atoms with Gasteiger partial charge in [0.2, 0.25) is 0 Å². The van der Waals surface area contributed by atoms with Gasteiger partial charge in [-0.25, -0.2) is 0 Å². The third kappa shape index (κ3) is 3.72. The second kappa shape index (κ2) is 9.44. The second-order valence-corrected chi connectivity index (χ2v) is 9.26. The normalized spacial score (nSPS) is 20.2. The molecule has 0 unspecified atom stereocenters. The van der Waals surface area contributed by atoms with Gasteiger partial charge in [-0.3, -0.25) is 0 Å². The average Bonchev–Trinajstić information content (AvgIpc) is 3.73. The van der Waals surface area contributed by atoms with Crippen LogP contribution in [0.15, 0.2) is 162 Å². The Balaban J connectivity index is 1.63. The van der Waals surface area contributed by atoms with Gasteiger partial charge in [0.15, 0.2) is 0 Å². The van der Waals surface area contributed by atoms with E-state index in [-0.39, 0.29) is 0 Å². The van der Waals surface area contributed by atoms with E-state index in [0.717, 1.165) is 0 Å². The molecule has 0 saturated heterocycles. The van der Waals surface area contributed by atoms with Crippen molar-refractivity contribution in [3.8, 4) is 33.4 Å². The Kier molecular flexibility index (Phi) is 2.13. The molecule has 9 aromatic rings. The molecule has 1 heterocycles. The molecule has 0 bridgehead atoms. The van der Waals surface area contributed by atoms with Crippen molar-refractivity contribution in [2.75, 3.05) is 0 Å². The van der Waals surface area contributed by atoms with Crippen molar-refractivity contribution in [1.29, 1.82) is 0 Å². The molecule has 1 heteroatoms. The third-order valence-corrected chi connectivity index (χ3v) is 6.95. The van der Waals surface area contributed by atoms with E-state index in [2.05, 4.69) is 0 Å². The number of benzene rings is 8. The lowest BCUT2D eigenvalue weighted by atomic mass is 9.85. The Morgan fingerprint density at radius 2 is 0.884 bits per heavy atom. The smallest absolute Gasteiger partial charge is 0.135 e. The lowest BCUT2D eigenvalue weighted by molar-refractivity contribution is 0.669. The van der Waals surface area contributed by atoms with Gasteiger partial charge in [-0.1, -0.05) is 133 Å². The first-order chi connectivity index (χ1) is 32.2. The molecule has 0 saturated carbocycles. The molecule has 8 aromatic carbocycles. The van der Waals surface area contributed by atoms with Gasteiger partial charge in [0.1, 0.15) is 11.2 Å². The standard InChI is InChI=1S/C42H26O/c1-2-11-27(12-3-1)31-19-10-13-28-21-22-29(25-37(28)31)41-33-15-4-6-17-35(33)42(36-18-7-5-16-34(36)41)30-23-24-40-38(26-30)32-14-8-9-20-39(32)43-40/h1-26H/i1D,2D,3D,4D,5D,6D,7D,8D,9D,10D,11D,12D,13D,14D,15D,16D,17D,18D,19D,20D,21D,22D,23D,24D,25D,26D. The van der Waals surface area contributed by atoms with E-state index in [1.165, 1.54) is 0 Å². The molecule has 0 N–H and O–H groups in total. The van der Waals surface area contributed by atoms with Crippen LogP contribution in [0, 0.1) is 0 Å². The first kappa shape index (κ1) is 9.69. The van der Waals surface area contributed by atoms with Crippen LogP contribution in [-0.2, 0) is 0 Å². The summed E-state index contributed by atoms with van der Waals surface area (Å²) < 4.78 is 238. The second-order valence-electron chi connectivity index (χ2n) is 9.26. The van der Waals surface area contributed by atoms with Crippen LogP contribution in [0.1, 0.15) is 35.6 Å². The maximum Gasteiger partial charge on any atom is 0.135 e. The molecule has 0 spiro atoms. The van der Waals surface area contributed by atoms with Gasteiger partial charge in [-0.15, -0.1) is 0 Å². The lowest BCUT2D eigenvalue weighted by Crippen LogP contribution is -1.91. The van der Waals surface area contributed by atoms with Crippen molar-refractivity contribution in [3.05, 3.63) is 157 Å². The quantitative estimate of drug-likeness (QED) is 0.192. The van der Waals surface area contributed by atoms with Crippen LogP contribution in [0.25, 0.3) is 87.6 Å². The number of furan rings is 1. The third-order valence-electron chi connectivity index (χ3n) is 6.95. The summed E-state index contributed by atoms with van der Waals surface area (Å²) in [6.07, 6.45) is 0. The van der Waals surface area contributed by atoms with Crippen molar-refractivity contribution >= 4 is 54.3 Å². The highest BCUT2D eigenvalue weighted by atomic mass is 16.3. The highest BCUT2D eigenvalue weighted by molar-refractivity contribution is 6.22. The summed E-state index contributed by atoms with van der Waals surface area (Å²) in [5, 5.41) is -5.21. The molecule has 200 valence electrons. The molecule has 0 atom stereocenters. The summed E-state index contributed by atoms with van der Waals surface area (Å²) >= 11 is 0. The predicted octanol–water partition coefficient (Wildman–Crippen LogP) is 12.0. The van der Waals surface area contributed by atoms with Crippen LogP contribution >= 0.6 is 0 Å². The van der Waals surface area contributed by atoms with Crippen LogP contribution in [0.3, 0.4) is 0 Å². The summed E-state index contributed by atoms with van der Waals surface area (Å²) in [7, 11) is 0. The molecule has 0 aliphatic carbocycles. The van der Waals surface area contributed by atoms with E-state index < -0.39 is 245 Å². The van der Waals surface area contributed by atoms with Crippen molar-refractivity contribution < 1.29 is 40.1 Å². The number of rotatable bonds is 3. The number of hydrogen-bond donors (Lipinski definition) is 0. The van der Waals surface area contributed by atoms with Gasteiger partial charge in [0.05, 0.1) is 35.6 Å². The molecule has 9 rings (SSSR count). The van der Waals surface area contributed by atoms with Crippen molar-refractivity contribution in [1.82, 2.24) is 0 Å². The largest absolute Gasteiger partial charge is 0.456 e. The molecule has 0 aliphatic heterocycles. The minimum absolute atomic E-state index is 0.421. The van der Waals surface area contributed by atoms with E-state index in [1.807, 2.05) is 0 Å². The molecule has 1 nitrogen and oxygen atoms in total. The van der Waals surface area contributed by atoms with Crippen molar-refractivity contribution in [3.63, 3.8) is 0 Å². The minimum atomic E-state index is -1.03.